The number of hydrogen-bond donors (Lipinski definition) is 1. The summed E-state index contributed by atoms with van der Waals surface area (Å²) in [5, 5.41) is 2.49. The van der Waals surface area contributed by atoms with Crippen LogP contribution in [0.5, 0.6) is 0 Å². The molecule has 0 aromatic heterocycles. The molecule has 21 heavy (non-hydrogen) atoms. The number of nitrogens with one attached hydrogen (secondary N) is 1. The van der Waals surface area contributed by atoms with Gasteiger partial charge in [-0.1, -0.05) is 42.3 Å². The van der Waals surface area contributed by atoms with Gasteiger partial charge in [-0.2, -0.15) is 0 Å². The van der Waals surface area contributed by atoms with E-state index in [0.717, 1.165) is 5.56 Å². The normalized spacial score (nSPS) is 9.71. The number of carbonyl (C=O) groups is 1. The second-order valence-corrected chi connectivity index (χ2v) is 4.37. The van der Waals surface area contributed by atoms with Gasteiger partial charge in [-0.15, -0.1) is 6.42 Å². The second-order valence-electron chi connectivity index (χ2n) is 4.37. The minimum absolute atomic E-state index is 0.0459. The van der Waals surface area contributed by atoms with Crippen LogP contribution in [0.1, 0.15) is 16.7 Å². The van der Waals surface area contributed by atoms with Gasteiger partial charge in [-0.05, 0) is 17.7 Å². The maximum absolute atomic E-state index is 13.7. The molecule has 3 nitrogen and oxygen atoms in total. The molecule has 0 fully saturated rings. The molecule has 2 aromatic carbocycles. The van der Waals surface area contributed by atoms with Gasteiger partial charge < -0.3 is 10.1 Å². The van der Waals surface area contributed by atoms with E-state index in [0.29, 0.717) is 11.1 Å². The van der Waals surface area contributed by atoms with E-state index in [-0.39, 0.29) is 13.2 Å². The first kappa shape index (κ1) is 14.6. The zero-order valence-corrected chi connectivity index (χ0v) is 11.3. The molecule has 1 N–H and O–H groups in total. The topological polar surface area (TPSA) is 38.3 Å². The molecule has 2 aromatic rings. The fraction of sp³-hybridized carbons (Fsp3) is 0.118. The molecule has 0 spiro atoms. The third-order valence-corrected chi connectivity index (χ3v) is 2.86. The third kappa shape index (κ3) is 4.36. The van der Waals surface area contributed by atoms with Crippen molar-refractivity contribution in [2.75, 3.05) is 0 Å². The lowest BCUT2D eigenvalue weighted by Crippen LogP contribution is -2.24. The highest BCUT2D eigenvalue weighted by Crippen LogP contribution is 2.09. The summed E-state index contributed by atoms with van der Waals surface area (Å²) in [6.07, 6.45) is 4.58. The van der Waals surface area contributed by atoms with Crippen LogP contribution in [0.4, 0.5) is 9.18 Å². The molecule has 0 atom stereocenters. The Morgan fingerprint density at radius 2 is 2.00 bits per heavy atom. The highest BCUT2D eigenvalue weighted by atomic mass is 19.1. The number of amides is 1. The van der Waals surface area contributed by atoms with Crippen molar-refractivity contribution in [3.05, 3.63) is 71.0 Å². The maximum Gasteiger partial charge on any atom is 0.407 e. The van der Waals surface area contributed by atoms with E-state index in [1.54, 1.807) is 12.1 Å². The summed E-state index contributed by atoms with van der Waals surface area (Å²) in [5.41, 5.74) is 1.70. The van der Waals surface area contributed by atoms with Crippen LogP contribution in [0.15, 0.2) is 48.5 Å². The lowest BCUT2D eigenvalue weighted by Gasteiger charge is -2.08. The van der Waals surface area contributed by atoms with Crippen molar-refractivity contribution < 1.29 is 13.9 Å². The zero-order valence-electron chi connectivity index (χ0n) is 11.3. The van der Waals surface area contributed by atoms with Gasteiger partial charge in [-0.25, -0.2) is 9.18 Å². The van der Waals surface area contributed by atoms with Crippen molar-refractivity contribution in [2.24, 2.45) is 0 Å². The molecule has 0 aliphatic carbocycles. The van der Waals surface area contributed by atoms with Crippen molar-refractivity contribution in [3.63, 3.8) is 0 Å². The molecular weight excluding hydrogens is 269 g/mol. The van der Waals surface area contributed by atoms with Gasteiger partial charge in [-0.3, -0.25) is 0 Å². The Morgan fingerprint density at radius 3 is 2.67 bits per heavy atom. The van der Waals surface area contributed by atoms with Crippen LogP contribution < -0.4 is 5.32 Å². The summed E-state index contributed by atoms with van der Waals surface area (Å²) in [5.74, 6) is 1.90. The van der Waals surface area contributed by atoms with Crippen LogP contribution in [0, 0.1) is 18.2 Å². The molecule has 0 aliphatic rings. The summed E-state index contributed by atoms with van der Waals surface area (Å²) in [4.78, 5) is 11.5. The van der Waals surface area contributed by atoms with E-state index in [2.05, 4.69) is 11.2 Å². The lowest BCUT2D eigenvalue weighted by atomic mass is 10.1. The molecule has 0 unspecified atom stereocenters. The molecule has 0 heterocycles. The van der Waals surface area contributed by atoms with E-state index in [4.69, 9.17) is 11.2 Å². The molecule has 0 radical (unpaired) electrons. The Hall–Kier alpha value is -2.80. The van der Waals surface area contributed by atoms with E-state index < -0.39 is 11.9 Å². The molecule has 0 saturated carbocycles. The zero-order chi connectivity index (χ0) is 15.1. The van der Waals surface area contributed by atoms with Crippen molar-refractivity contribution in [1.82, 2.24) is 5.32 Å². The van der Waals surface area contributed by atoms with Crippen molar-refractivity contribution >= 4 is 6.09 Å². The number of terminal acetylenes is 1. The Kier molecular flexibility index (Phi) is 4.94. The molecule has 0 aliphatic heterocycles. The minimum Gasteiger partial charge on any atom is -0.445 e. The van der Waals surface area contributed by atoms with E-state index >= 15 is 0 Å². The molecule has 0 bridgehead atoms. The van der Waals surface area contributed by atoms with Gasteiger partial charge in [0.25, 0.3) is 0 Å². The average molecular weight is 283 g/mol. The minimum atomic E-state index is -0.598. The van der Waals surface area contributed by atoms with Crippen LogP contribution in [0.25, 0.3) is 0 Å². The Labute approximate surface area is 122 Å². The monoisotopic (exact) mass is 283 g/mol. The Balaban J connectivity index is 1.83. The summed E-state index contributed by atoms with van der Waals surface area (Å²) in [7, 11) is 0. The van der Waals surface area contributed by atoms with Crippen LogP contribution in [0.3, 0.4) is 0 Å². The smallest absolute Gasteiger partial charge is 0.407 e. The molecule has 0 saturated heterocycles. The molecule has 1 amide bonds. The fourth-order valence-corrected chi connectivity index (χ4v) is 1.72. The van der Waals surface area contributed by atoms with Crippen molar-refractivity contribution in [1.29, 1.82) is 0 Å². The Bertz CT molecular complexity index is 662. The summed E-state index contributed by atoms with van der Waals surface area (Å²) in [6.45, 7) is 0.218. The predicted octanol–water partition coefficient (Wildman–Crippen LogP) is 3.23. The highest BCUT2D eigenvalue weighted by molar-refractivity contribution is 5.67. The first-order valence-corrected chi connectivity index (χ1v) is 6.38. The largest absolute Gasteiger partial charge is 0.445 e. The van der Waals surface area contributed by atoms with Crippen molar-refractivity contribution in [3.8, 4) is 12.3 Å². The van der Waals surface area contributed by atoms with Crippen LogP contribution >= 0.6 is 0 Å². The van der Waals surface area contributed by atoms with Gasteiger partial charge in [0.15, 0.2) is 0 Å². The summed E-state index contributed by atoms with van der Waals surface area (Å²) in [6, 6.07) is 13.7. The van der Waals surface area contributed by atoms with Gasteiger partial charge in [0, 0.05) is 17.7 Å². The predicted molar refractivity (Wildman–Crippen MR) is 77.8 cm³/mol. The maximum atomic E-state index is 13.7. The average Bonchev–Trinajstić information content (AvgIpc) is 2.52. The number of halogens is 1. The van der Waals surface area contributed by atoms with E-state index in [1.807, 2.05) is 30.3 Å². The van der Waals surface area contributed by atoms with E-state index in [1.165, 1.54) is 6.07 Å². The number of carbonyl (C=O) groups excluding carboxylic acids is 1. The number of ether oxygens (including phenoxy) is 1. The first-order valence-electron chi connectivity index (χ1n) is 6.38. The summed E-state index contributed by atoms with van der Waals surface area (Å²) < 4.78 is 18.7. The number of alkyl carbamates (subject to hydrolysis) is 1. The number of rotatable bonds is 4. The SMILES string of the molecule is C#Cc1ccc(CNC(=O)OCc2ccccc2)c(F)c1. The van der Waals surface area contributed by atoms with Gasteiger partial charge >= 0.3 is 6.09 Å². The van der Waals surface area contributed by atoms with E-state index in [9.17, 15) is 9.18 Å². The van der Waals surface area contributed by atoms with Gasteiger partial charge in [0.2, 0.25) is 0 Å². The van der Waals surface area contributed by atoms with Crippen LogP contribution in [-0.2, 0) is 17.9 Å². The molecule has 106 valence electrons. The fourth-order valence-electron chi connectivity index (χ4n) is 1.72. The Morgan fingerprint density at radius 1 is 1.24 bits per heavy atom. The third-order valence-electron chi connectivity index (χ3n) is 2.86. The highest BCUT2D eigenvalue weighted by Gasteiger charge is 2.06. The molecule has 4 heteroatoms. The summed E-state index contributed by atoms with van der Waals surface area (Å²) >= 11 is 0. The van der Waals surface area contributed by atoms with Crippen molar-refractivity contribution in [2.45, 2.75) is 13.2 Å². The number of benzene rings is 2. The quantitative estimate of drug-likeness (QED) is 0.875. The second kappa shape index (κ2) is 7.11. The van der Waals surface area contributed by atoms with Crippen LogP contribution in [0.2, 0.25) is 0 Å². The number of hydrogen-bond acceptors (Lipinski definition) is 2. The molecule has 2 rings (SSSR count). The van der Waals surface area contributed by atoms with Gasteiger partial charge in [0.1, 0.15) is 12.4 Å². The standard InChI is InChI=1S/C17H14FNO2/c1-2-13-8-9-15(16(18)10-13)11-19-17(20)21-12-14-6-4-3-5-7-14/h1,3-10H,11-12H2,(H,19,20). The first-order chi connectivity index (χ1) is 10.2. The molecular formula is C17H14FNO2. The van der Waals surface area contributed by atoms with Gasteiger partial charge in [0.05, 0.1) is 0 Å². The van der Waals surface area contributed by atoms with Crippen LogP contribution in [-0.4, -0.2) is 6.09 Å². The lowest BCUT2D eigenvalue weighted by molar-refractivity contribution is 0.139.